The average Bonchev–Trinajstić information content (AvgIpc) is 2.73. The number of nitrogens with one attached hydrogen (secondary N) is 4. The number of anilines is 1. The monoisotopic (exact) mass is 618 g/mol. The fourth-order valence-corrected chi connectivity index (χ4v) is 4.47. The summed E-state index contributed by atoms with van der Waals surface area (Å²) < 4.78 is 7.11. The molecule has 0 aliphatic rings. The zero-order chi connectivity index (χ0) is 24.5. The lowest BCUT2D eigenvalue weighted by molar-refractivity contribution is -0.125. The van der Waals surface area contributed by atoms with Crippen LogP contribution in [-0.4, -0.2) is 29.4 Å². The van der Waals surface area contributed by atoms with E-state index >= 15 is 0 Å². The zero-order valence-corrected chi connectivity index (χ0v) is 22.4. The molecule has 0 aromatic heterocycles. The van der Waals surface area contributed by atoms with Gasteiger partial charge in [-0.1, -0.05) is 33.6 Å². The Morgan fingerprint density at radius 1 is 1.03 bits per heavy atom. The van der Waals surface area contributed by atoms with Gasteiger partial charge in [-0.15, -0.1) is 0 Å². The first-order valence-corrected chi connectivity index (χ1v) is 12.0. The van der Waals surface area contributed by atoms with Crippen LogP contribution in [0.3, 0.4) is 0 Å². The van der Waals surface area contributed by atoms with Crippen molar-refractivity contribution in [1.29, 1.82) is 0 Å². The molecule has 0 saturated heterocycles. The number of halogens is 3. The highest BCUT2D eigenvalue weighted by molar-refractivity contribution is 9.11. The van der Waals surface area contributed by atoms with Gasteiger partial charge in [-0.2, -0.15) is 0 Å². The minimum absolute atomic E-state index is 0.0478. The molecule has 4 N–H and O–H groups in total. The van der Waals surface area contributed by atoms with Gasteiger partial charge in [0.25, 0.3) is 5.91 Å². The van der Waals surface area contributed by atoms with E-state index in [-0.39, 0.29) is 30.5 Å². The molecule has 0 radical (unpaired) electrons. The maximum atomic E-state index is 12.1. The molecule has 0 aliphatic heterocycles. The summed E-state index contributed by atoms with van der Waals surface area (Å²) in [4.78, 5) is 36.0. The van der Waals surface area contributed by atoms with E-state index in [0.29, 0.717) is 20.9 Å². The molecular weight excluding hydrogens is 600 g/mol. The number of carbonyl (C=O) groups is 3. The average molecular weight is 621 g/mol. The topological polar surface area (TPSA) is 109 Å². The molecule has 176 valence electrons. The van der Waals surface area contributed by atoms with E-state index < -0.39 is 11.8 Å². The summed E-state index contributed by atoms with van der Waals surface area (Å²) in [6.07, 6.45) is -0.136. The molecule has 0 unspecified atom stereocenters. The van der Waals surface area contributed by atoms with Crippen molar-refractivity contribution in [2.24, 2.45) is 0 Å². The molecule has 0 fully saturated rings. The van der Waals surface area contributed by atoms with Crippen molar-refractivity contribution in [3.63, 3.8) is 0 Å². The second-order valence-electron chi connectivity index (χ2n) is 6.83. The molecule has 0 aliphatic carbocycles. The van der Waals surface area contributed by atoms with Crippen LogP contribution in [0, 0.1) is 13.8 Å². The Morgan fingerprint density at radius 3 is 2.42 bits per heavy atom. The number of rotatable bonds is 7. The third-order valence-electron chi connectivity index (χ3n) is 4.23. The Morgan fingerprint density at radius 2 is 1.73 bits per heavy atom. The van der Waals surface area contributed by atoms with Crippen LogP contribution in [0.4, 0.5) is 5.69 Å². The SMILES string of the molecule is Cc1cc(Br)cc(Br)c1OCC(=O)NC(=S)NNC(=O)CCC(=O)Nc1cccc(Cl)c1C. The third-order valence-corrected chi connectivity index (χ3v) is 5.89. The quantitative estimate of drug-likeness (QED) is 0.272. The van der Waals surface area contributed by atoms with E-state index in [9.17, 15) is 14.4 Å². The molecule has 33 heavy (non-hydrogen) atoms. The van der Waals surface area contributed by atoms with Crippen molar-refractivity contribution in [2.45, 2.75) is 26.7 Å². The van der Waals surface area contributed by atoms with Crippen molar-refractivity contribution >= 4 is 84.2 Å². The highest BCUT2D eigenvalue weighted by Crippen LogP contribution is 2.32. The molecule has 0 atom stereocenters. The number of aryl methyl sites for hydroxylation is 1. The second-order valence-corrected chi connectivity index (χ2v) is 9.42. The molecule has 0 spiro atoms. The number of ether oxygens (including phenoxy) is 1. The van der Waals surface area contributed by atoms with Gasteiger partial charge < -0.3 is 10.1 Å². The van der Waals surface area contributed by atoms with Gasteiger partial charge in [-0.05, 0) is 77.4 Å². The van der Waals surface area contributed by atoms with Crippen LogP contribution in [0.2, 0.25) is 5.02 Å². The van der Waals surface area contributed by atoms with Crippen molar-refractivity contribution < 1.29 is 19.1 Å². The smallest absolute Gasteiger partial charge is 0.264 e. The summed E-state index contributed by atoms with van der Waals surface area (Å²) in [6.45, 7) is 3.36. The van der Waals surface area contributed by atoms with Gasteiger partial charge in [-0.3, -0.25) is 30.6 Å². The lowest BCUT2D eigenvalue weighted by atomic mass is 10.2. The van der Waals surface area contributed by atoms with Crippen LogP contribution in [0.25, 0.3) is 0 Å². The van der Waals surface area contributed by atoms with Crippen LogP contribution in [0.1, 0.15) is 24.0 Å². The maximum absolute atomic E-state index is 12.1. The Bertz CT molecular complexity index is 1060. The Labute approximate surface area is 218 Å². The molecule has 2 rings (SSSR count). The Balaban J connectivity index is 1.69. The molecule has 0 saturated carbocycles. The van der Waals surface area contributed by atoms with E-state index in [2.05, 4.69) is 53.3 Å². The first-order chi connectivity index (χ1) is 15.6. The van der Waals surface area contributed by atoms with Crippen LogP contribution in [0.15, 0.2) is 39.3 Å². The molecule has 0 bridgehead atoms. The molecule has 12 heteroatoms. The summed E-state index contributed by atoms with van der Waals surface area (Å²) in [7, 11) is 0. The number of hydrogen-bond donors (Lipinski definition) is 4. The number of hydrazine groups is 1. The van der Waals surface area contributed by atoms with Gasteiger partial charge >= 0.3 is 0 Å². The summed E-state index contributed by atoms with van der Waals surface area (Å²) in [5.41, 5.74) is 6.90. The van der Waals surface area contributed by atoms with Crippen LogP contribution >= 0.6 is 55.7 Å². The largest absolute Gasteiger partial charge is 0.482 e. The van der Waals surface area contributed by atoms with Crippen molar-refractivity contribution in [2.75, 3.05) is 11.9 Å². The third kappa shape index (κ3) is 8.92. The lowest BCUT2D eigenvalue weighted by Gasteiger charge is -2.13. The summed E-state index contributed by atoms with van der Waals surface area (Å²) in [5.74, 6) is -0.785. The predicted octanol–water partition coefficient (Wildman–Crippen LogP) is 4.30. The van der Waals surface area contributed by atoms with E-state index in [1.165, 1.54) is 0 Å². The van der Waals surface area contributed by atoms with Gasteiger partial charge in [0.2, 0.25) is 11.8 Å². The number of hydrogen-bond acceptors (Lipinski definition) is 5. The van der Waals surface area contributed by atoms with Crippen molar-refractivity contribution in [1.82, 2.24) is 16.2 Å². The lowest BCUT2D eigenvalue weighted by Crippen LogP contribution is -2.49. The van der Waals surface area contributed by atoms with Crippen molar-refractivity contribution in [3.8, 4) is 5.75 Å². The second kappa shape index (κ2) is 12.9. The summed E-state index contributed by atoms with van der Waals surface area (Å²) >= 11 is 17.8. The van der Waals surface area contributed by atoms with Gasteiger partial charge in [0.1, 0.15) is 5.75 Å². The normalized spacial score (nSPS) is 10.2. The van der Waals surface area contributed by atoms with Gasteiger partial charge in [0.15, 0.2) is 11.7 Å². The first-order valence-electron chi connectivity index (χ1n) is 9.59. The number of amides is 3. The molecule has 3 amide bonds. The first kappa shape index (κ1) is 27.0. The van der Waals surface area contributed by atoms with Crippen LogP contribution in [-0.2, 0) is 14.4 Å². The predicted molar refractivity (Wildman–Crippen MR) is 138 cm³/mol. The van der Waals surface area contributed by atoms with E-state index in [1.54, 1.807) is 31.2 Å². The highest BCUT2D eigenvalue weighted by Gasteiger charge is 2.12. The molecule has 2 aromatic rings. The number of carbonyl (C=O) groups excluding carboxylic acids is 3. The Hall–Kier alpha value is -2.21. The van der Waals surface area contributed by atoms with Gasteiger partial charge in [0.05, 0.1) is 4.47 Å². The molecule has 0 heterocycles. The fourth-order valence-electron chi connectivity index (χ4n) is 2.58. The zero-order valence-electron chi connectivity index (χ0n) is 17.7. The summed E-state index contributed by atoms with van der Waals surface area (Å²) in [5, 5.41) is 5.53. The van der Waals surface area contributed by atoms with Gasteiger partial charge in [0, 0.05) is 28.0 Å². The van der Waals surface area contributed by atoms with Gasteiger partial charge in [-0.25, -0.2) is 0 Å². The number of thiocarbonyl (C=S) groups is 1. The van der Waals surface area contributed by atoms with Crippen molar-refractivity contribution in [3.05, 3.63) is 55.4 Å². The number of benzene rings is 2. The Kier molecular flexibility index (Phi) is 10.6. The van der Waals surface area contributed by atoms with E-state index in [0.717, 1.165) is 15.6 Å². The van der Waals surface area contributed by atoms with E-state index in [4.69, 9.17) is 28.6 Å². The van der Waals surface area contributed by atoms with Crippen LogP contribution in [0.5, 0.6) is 5.75 Å². The summed E-state index contributed by atoms with van der Waals surface area (Å²) in [6, 6.07) is 8.83. The molecular formula is C21H21Br2ClN4O4S. The minimum atomic E-state index is -0.507. The van der Waals surface area contributed by atoms with E-state index in [1.807, 2.05) is 13.0 Å². The fraction of sp³-hybridized carbons (Fsp3) is 0.238. The maximum Gasteiger partial charge on any atom is 0.264 e. The highest BCUT2D eigenvalue weighted by atomic mass is 79.9. The standard InChI is InChI=1S/C21H21Br2ClN4O4S/c1-11-8-13(22)9-14(23)20(11)32-10-19(31)26-21(33)28-27-18(30)7-6-17(29)25-16-5-3-4-15(24)12(16)2/h3-5,8-9H,6-7,10H2,1-2H3,(H,25,29)(H,27,30)(H2,26,28,31,33). The van der Waals surface area contributed by atoms with Crippen LogP contribution < -0.4 is 26.2 Å². The molecule has 8 nitrogen and oxygen atoms in total. The minimum Gasteiger partial charge on any atom is -0.482 e. The molecule has 2 aromatic carbocycles.